The van der Waals surface area contributed by atoms with Crippen LogP contribution in [0.2, 0.25) is 0 Å². The lowest BCUT2D eigenvalue weighted by Crippen LogP contribution is -2.40. The topological polar surface area (TPSA) is 37.2 Å². The number of aryl methyl sites for hydroxylation is 1. The van der Waals surface area contributed by atoms with Gasteiger partial charge in [0.05, 0.1) is 0 Å². The van der Waals surface area contributed by atoms with Crippen LogP contribution >= 0.6 is 0 Å². The quantitative estimate of drug-likeness (QED) is 0.664. The van der Waals surface area contributed by atoms with Crippen LogP contribution in [0.4, 0.5) is 0 Å². The molecule has 0 bridgehead atoms. The fourth-order valence-electron chi connectivity index (χ4n) is 2.04. The van der Waals surface area contributed by atoms with Gasteiger partial charge >= 0.3 is 0 Å². The van der Waals surface area contributed by atoms with Crippen LogP contribution in [-0.2, 0) is 12.6 Å². The van der Waals surface area contributed by atoms with E-state index in [0.717, 1.165) is 31.6 Å². The van der Waals surface area contributed by atoms with Gasteiger partial charge in [0.2, 0.25) is 0 Å². The lowest BCUT2D eigenvalue weighted by molar-refractivity contribution is -0.000563. The van der Waals surface area contributed by atoms with Gasteiger partial charge < -0.3 is 15.0 Å². The molecule has 1 aliphatic heterocycles. The second-order valence-electron chi connectivity index (χ2n) is 3.79. The van der Waals surface area contributed by atoms with Crippen molar-refractivity contribution in [1.29, 1.82) is 0 Å². The molecule has 72 valence electrons. The van der Waals surface area contributed by atoms with Crippen molar-refractivity contribution >= 4 is 0 Å². The molecule has 1 aromatic rings. The van der Waals surface area contributed by atoms with Gasteiger partial charge in [-0.1, -0.05) is 0 Å². The van der Waals surface area contributed by atoms with Crippen molar-refractivity contribution in [2.75, 3.05) is 13.1 Å². The molecule has 3 heteroatoms. The van der Waals surface area contributed by atoms with Crippen LogP contribution in [0.25, 0.3) is 0 Å². The standard InChI is InChI=1S/C10H16N2O/c1-12-8-2-3-9(12)10(13)4-6-11-7-5-10/h2-3,8,11,13H,4-7H2,1H3. The van der Waals surface area contributed by atoms with Gasteiger partial charge in [0, 0.05) is 18.9 Å². The molecule has 0 atom stereocenters. The molecule has 1 aliphatic rings. The Morgan fingerprint density at radius 1 is 1.46 bits per heavy atom. The van der Waals surface area contributed by atoms with Crippen LogP contribution in [-0.4, -0.2) is 22.8 Å². The average Bonchev–Trinajstić information content (AvgIpc) is 2.53. The third kappa shape index (κ3) is 1.49. The van der Waals surface area contributed by atoms with Gasteiger partial charge in [0.1, 0.15) is 5.60 Å². The minimum Gasteiger partial charge on any atom is -0.384 e. The molecule has 0 spiro atoms. The molecule has 0 amide bonds. The lowest BCUT2D eigenvalue weighted by atomic mass is 9.89. The van der Waals surface area contributed by atoms with Crippen LogP contribution < -0.4 is 5.32 Å². The smallest absolute Gasteiger partial charge is 0.107 e. The molecule has 0 aliphatic carbocycles. The van der Waals surface area contributed by atoms with Gasteiger partial charge in [0.25, 0.3) is 0 Å². The Hall–Kier alpha value is -0.800. The molecule has 1 aromatic heterocycles. The molecule has 2 rings (SSSR count). The highest BCUT2D eigenvalue weighted by Gasteiger charge is 2.32. The first-order valence-electron chi connectivity index (χ1n) is 4.77. The summed E-state index contributed by atoms with van der Waals surface area (Å²) in [5.74, 6) is 0. The Morgan fingerprint density at radius 2 is 2.15 bits per heavy atom. The number of nitrogens with zero attached hydrogens (tertiary/aromatic N) is 1. The van der Waals surface area contributed by atoms with Gasteiger partial charge in [-0.3, -0.25) is 0 Å². The number of aromatic nitrogens is 1. The normalized spacial score (nSPS) is 21.7. The van der Waals surface area contributed by atoms with Crippen LogP contribution in [0.1, 0.15) is 18.5 Å². The fraction of sp³-hybridized carbons (Fsp3) is 0.600. The minimum atomic E-state index is -0.608. The van der Waals surface area contributed by atoms with Gasteiger partial charge in [-0.2, -0.15) is 0 Å². The summed E-state index contributed by atoms with van der Waals surface area (Å²) in [6.07, 6.45) is 3.60. The maximum absolute atomic E-state index is 10.4. The zero-order valence-corrected chi connectivity index (χ0v) is 7.95. The van der Waals surface area contributed by atoms with E-state index in [9.17, 15) is 5.11 Å². The third-order valence-electron chi connectivity index (χ3n) is 2.85. The van der Waals surface area contributed by atoms with Crippen molar-refractivity contribution in [3.8, 4) is 0 Å². The Morgan fingerprint density at radius 3 is 2.69 bits per heavy atom. The average molecular weight is 180 g/mol. The second kappa shape index (κ2) is 3.16. The van der Waals surface area contributed by atoms with Gasteiger partial charge in [-0.05, 0) is 38.1 Å². The molecule has 1 fully saturated rings. The maximum Gasteiger partial charge on any atom is 0.107 e. The van der Waals surface area contributed by atoms with E-state index in [2.05, 4.69) is 5.32 Å². The van der Waals surface area contributed by atoms with Crippen LogP contribution in [0.3, 0.4) is 0 Å². The summed E-state index contributed by atoms with van der Waals surface area (Å²) in [5.41, 5.74) is 0.428. The van der Waals surface area contributed by atoms with Crippen molar-refractivity contribution in [3.05, 3.63) is 24.0 Å². The molecule has 13 heavy (non-hydrogen) atoms. The van der Waals surface area contributed by atoms with Crippen molar-refractivity contribution in [3.63, 3.8) is 0 Å². The number of piperidine rings is 1. The van der Waals surface area contributed by atoms with E-state index in [0.29, 0.717) is 0 Å². The van der Waals surface area contributed by atoms with E-state index in [1.807, 2.05) is 29.9 Å². The Bertz CT molecular complexity index is 287. The van der Waals surface area contributed by atoms with E-state index in [-0.39, 0.29) is 0 Å². The number of rotatable bonds is 1. The molecule has 0 saturated carbocycles. The zero-order valence-electron chi connectivity index (χ0n) is 7.95. The van der Waals surface area contributed by atoms with Gasteiger partial charge in [0.15, 0.2) is 0 Å². The monoisotopic (exact) mass is 180 g/mol. The van der Waals surface area contributed by atoms with E-state index < -0.39 is 5.60 Å². The molecular weight excluding hydrogens is 164 g/mol. The molecule has 2 heterocycles. The number of hydrogen-bond donors (Lipinski definition) is 2. The van der Waals surface area contributed by atoms with E-state index in [1.54, 1.807) is 0 Å². The first kappa shape index (κ1) is 8.78. The van der Waals surface area contributed by atoms with Crippen LogP contribution in [0.5, 0.6) is 0 Å². The summed E-state index contributed by atoms with van der Waals surface area (Å²) in [4.78, 5) is 0. The zero-order chi connectivity index (χ0) is 9.31. The Kier molecular flexibility index (Phi) is 2.14. The first-order chi connectivity index (χ1) is 6.22. The van der Waals surface area contributed by atoms with Crippen molar-refractivity contribution < 1.29 is 5.11 Å². The first-order valence-corrected chi connectivity index (χ1v) is 4.77. The fourth-order valence-corrected chi connectivity index (χ4v) is 2.04. The summed E-state index contributed by atoms with van der Waals surface area (Å²) in [6, 6.07) is 3.99. The molecule has 0 unspecified atom stereocenters. The second-order valence-corrected chi connectivity index (χ2v) is 3.79. The number of hydrogen-bond acceptors (Lipinski definition) is 2. The van der Waals surface area contributed by atoms with Gasteiger partial charge in [-0.15, -0.1) is 0 Å². The lowest BCUT2D eigenvalue weighted by Gasteiger charge is -2.33. The molecule has 3 nitrogen and oxygen atoms in total. The minimum absolute atomic E-state index is 0.608. The SMILES string of the molecule is Cn1cccc1C1(O)CCNCC1. The number of nitrogens with one attached hydrogen (secondary N) is 1. The van der Waals surface area contributed by atoms with Crippen LogP contribution in [0.15, 0.2) is 18.3 Å². The summed E-state index contributed by atoms with van der Waals surface area (Å²) in [7, 11) is 1.98. The van der Waals surface area contributed by atoms with Crippen molar-refractivity contribution in [2.24, 2.45) is 7.05 Å². The molecule has 0 aromatic carbocycles. The van der Waals surface area contributed by atoms with E-state index in [4.69, 9.17) is 0 Å². The molecule has 0 radical (unpaired) electrons. The largest absolute Gasteiger partial charge is 0.384 e. The summed E-state index contributed by atoms with van der Waals surface area (Å²) in [6.45, 7) is 1.81. The Labute approximate surface area is 78.4 Å². The summed E-state index contributed by atoms with van der Waals surface area (Å²) >= 11 is 0. The van der Waals surface area contributed by atoms with E-state index in [1.165, 1.54) is 0 Å². The van der Waals surface area contributed by atoms with E-state index >= 15 is 0 Å². The van der Waals surface area contributed by atoms with Gasteiger partial charge in [-0.25, -0.2) is 0 Å². The summed E-state index contributed by atoms with van der Waals surface area (Å²) in [5, 5.41) is 13.6. The summed E-state index contributed by atoms with van der Waals surface area (Å²) < 4.78 is 2.01. The third-order valence-corrected chi connectivity index (χ3v) is 2.85. The van der Waals surface area contributed by atoms with Crippen LogP contribution in [0, 0.1) is 0 Å². The maximum atomic E-state index is 10.4. The Balaban J connectivity index is 2.27. The molecule has 2 N–H and O–H groups in total. The predicted octanol–water partition coefficient (Wildman–Crippen LogP) is 0.596. The highest BCUT2D eigenvalue weighted by molar-refractivity contribution is 5.16. The molecule has 1 saturated heterocycles. The highest BCUT2D eigenvalue weighted by atomic mass is 16.3. The predicted molar refractivity (Wildman–Crippen MR) is 51.4 cm³/mol. The van der Waals surface area contributed by atoms with Crippen molar-refractivity contribution in [1.82, 2.24) is 9.88 Å². The number of aliphatic hydroxyl groups is 1. The highest BCUT2D eigenvalue weighted by Crippen LogP contribution is 2.29. The van der Waals surface area contributed by atoms with Crippen molar-refractivity contribution in [2.45, 2.75) is 18.4 Å². The molecular formula is C10H16N2O.